The van der Waals surface area contributed by atoms with Crippen LogP contribution in [-0.2, 0) is 27.7 Å². The van der Waals surface area contributed by atoms with Crippen LogP contribution in [0, 0.1) is 5.92 Å². The van der Waals surface area contributed by atoms with Gasteiger partial charge in [-0.1, -0.05) is 47.5 Å². The van der Waals surface area contributed by atoms with Crippen LogP contribution in [0.15, 0.2) is 73.1 Å². The van der Waals surface area contributed by atoms with E-state index in [1.165, 1.54) is 37.6 Å². The average molecular weight is 800 g/mol. The molecular formula is C38H40Cl2N4O9S. The molecule has 1 aromatic heterocycles. The maximum atomic E-state index is 14.1. The monoisotopic (exact) mass is 798 g/mol. The van der Waals surface area contributed by atoms with Gasteiger partial charge in [0.1, 0.15) is 16.1 Å². The van der Waals surface area contributed by atoms with Gasteiger partial charge in [-0.15, -0.1) is 0 Å². The summed E-state index contributed by atoms with van der Waals surface area (Å²) in [5.41, 5.74) is 2.62. The minimum Gasteiger partial charge on any atom is -0.545 e. The van der Waals surface area contributed by atoms with Crippen LogP contribution in [0.3, 0.4) is 0 Å². The highest BCUT2D eigenvalue weighted by atomic mass is 35.5. The third kappa shape index (κ3) is 8.95. The number of pyridine rings is 1. The Morgan fingerprint density at radius 3 is 2.24 bits per heavy atom. The Kier molecular flexibility index (Phi) is 11.8. The van der Waals surface area contributed by atoms with Crippen LogP contribution in [0.5, 0.6) is 11.5 Å². The van der Waals surface area contributed by atoms with Gasteiger partial charge < -0.3 is 24.1 Å². The smallest absolute Gasteiger partial charge is 0.414 e. The zero-order valence-electron chi connectivity index (χ0n) is 29.8. The number of nitrogens with zero attached hydrogens (tertiary/aromatic N) is 3. The predicted molar refractivity (Wildman–Crippen MR) is 200 cm³/mol. The molecule has 4 aromatic rings. The Morgan fingerprint density at radius 2 is 1.67 bits per heavy atom. The van der Waals surface area contributed by atoms with Crippen molar-refractivity contribution in [2.45, 2.75) is 37.8 Å². The SMILES string of the molecule is COc1ccc([C@H](Cc2c(Cl)c[n+](O)cc2Cl)c2cc(CN(C(=O)O[C@H]3CN4CCC3CC4)c3ccc(NS(C)(=O)=O)cc3)ccc2C(=O)[O-])cc1OC. The van der Waals surface area contributed by atoms with Crippen molar-refractivity contribution in [1.82, 2.24) is 4.90 Å². The van der Waals surface area contributed by atoms with E-state index in [1.807, 2.05) is 0 Å². The molecule has 0 radical (unpaired) electrons. The number of carbonyl (C=O) groups is 2. The maximum Gasteiger partial charge on any atom is 0.414 e. The number of amides is 1. The molecule has 0 aliphatic carbocycles. The molecular weight excluding hydrogens is 759 g/mol. The minimum atomic E-state index is -3.54. The lowest BCUT2D eigenvalue weighted by Crippen LogP contribution is -2.53. The first kappa shape index (κ1) is 38.9. The lowest BCUT2D eigenvalue weighted by atomic mass is 9.82. The molecule has 286 valence electrons. The molecule has 16 heteroatoms. The zero-order valence-corrected chi connectivity index (χ0v) is 32.2. The number of anilines is 2. The van der Waals surface area contributed by atoms with Crippen LogP contribution in [0.25, 0.3) is 0 Å². The standard InChI is InChI=1S/C38H40Cl2N4O9S/c1-51-34-11-5-25(17-35(34)52-2)29(18-31-32(39)20-43(48)21-33(31)40)30-16-23(4-10-28(30)37(45)46)19-44(27-8-6-26(7-9-27)41-54(3,49)50)38(47)53-36-22-42-14-12-24(36)13-15-42/h4-11,16-17,20-21,24,29,36,41H,12-15,18-19,22H2,1-3H3,(H-,45,46,48)/t29-,36-/m0/s1. The van der Waals surface area contributed by atoms with Gasteiger partial charge in [0.2, 0.25) is 22.4 Å². The molecule has 0 spiro atoms. The van der Waals surface area contributed by atoms with E-state index in [-0.39, 0.29) is 40.6 Å². The van der Waals surface area contributed by atoms with Crippen LogP contribution >= 0.6 is 23.2 Å². The van der Waals surface area contributed by atoms with E-state index in [0.29, 0.717) is 51.7 Å². The molecule has 0 saturated carbocycles. The van der Waals surface area contributed by atoms with Crippen molar-refractivity contribution in [2.75, 3.05) is 49.7 Å². The lowest BCUT2D eigenvalue weighted by molar-refractivity contribution is -0.904. The number of hydrogen-bond acceptors (Lipinski definition) is 10. The van der Waals surface area contributed by atoms with Crippen molar-refractivity contribution >= 4 is 56.7 Å². The van der Waals surface area contributed by atoms with Gasteiger partial charge in [0.05, 0.1) is 33.0 Å². The van der Waals surface area contributed by atoms with Gasteiger partial charge in [-0.05, 0) is 91.4 Å². The number of methoxy groups -OCH3 is 2. The first-order chi connectivity index (χ1) is 25.7. The number of benzene rings is 3. The summed E-state index contributed by atoms with van der Waals surface area (Å²) in [6.07, 6.45) is 4.67. The number of rotatable bonds is 13. The molecule has 2 bridgehead atoms. The molecule has 3 fully saturated rings. The molecule has 3 aromatic carbocycles. The Hall–Kier alpha value is -4.76. The first-order valence-electron chi connectivity index (χ1n) is 17.2. The summed E-state index contributed by atoms with van der Waals surface area (Å²) in [4.78, 5) is 30.5. The molecule has 3 aliphatic heterocycles. The third-order valence-corrected chi connectivity index (χ3v) is 11.1. The number of carboxylic acids is 1. The van der Waals surface area contributed by atoms with Gasteiger partial charge >= 0.3 is 6.09 Å². The van der Waals surface area contributed by atoms with Crippen LogP contribution in [0.1, 0.15) is 51.4 Å². The molecule has 0 unspecified atom stereocenters. The second kappa shape index (κ2) is 16.3. The number of carboxylic acid groups (broad SMARTS) is 1. The van der Waals surface area contributed by atoms with Crippen molar-refractivity contribution in [2.24, 2.45) is 5.92 Å². The van der Waals surface area contributed by atoms with Gasteiger partial charge in [-0.3, -0.25) is 19.7 Å². The number of aromatic nitrogens is 1. The summed E-state index contributed by atoms with van der Waals surface area (Å²) in [5.74, 6) is -1.03. The van der Waals surface area contributed by atoms with Crippen LogP contribution in [-0.4, -0.2) is 76.8 Å². The molecule has 2 atom stereocenters. The molecule has 3 aliphatic rings. The largest absolute Gasteiger partial charge is 0.545 e. The van der Waals surface area contributed by atoms with E-state index in [1.54, 1.807) is 54.6 Å². The normalized spacial score (nSPS) is 18.4. The summed E-state index contributed by atoms with van der Waals surface area (Å²) < 4.78 is 44.1. The second-order valence-corrected chi connectivity index (χ2v) is 16.0. The first-order valence-corrected chi connectivity index (χ1v) is 19.8. The number of hydrogen-bond donors (Lipinski definition) is 2. The van der Waals surface area contributed by atoms with Crippen molar-refractivity contribution in [3.05, 3.63) is 111 Å². The van der Waals surface area contributed by atoms with Crippen molar-refractivity contribution in [3.63, 3.8) is 0 Å². The van der Waals surface area contributed by atoms with Gasteiger partial charge in [-0.2, -0.15) is 0 Å². The fourth-order valence-corrected chi connectivity index (χ4v) is 8.38. The highest BCUT2D eigenvalue weighted by Gasteiger charge is 2.37. The van der Waals surface area contributed by atoms with E-state index >= 15 is 0 Å². The summed E-state index contributed by atoms with van der Waals surface area (Å²) in [7, 11) is -0.552. The van der Waals surface area contributed by atoms with Gasteiger partial charge in [-0.25, -0.2) is 13.2 Å². The van der Waals surface area contributed by atoms with Crippen molar-refractivity contribution in [1.29, 1.82) is 0 Å². The molecule has 54 heavy (non-hydrogen) atoms. The third-order valence-electron chi connectivity index (χ3n) is 9.89. The summed E-state index contributed by atoms with van der Waals surface area (Å²) in [6.45, 7) is 2.53. The Balaban J connectivity index is 1.43. The number of carbonyl (C=O) groups excluding carboxylic acids is 2. The number of fused-ring (bicyclic) bond motifs is 3. The Morgan fingerprint density at radius 1 is 1.00 bits per heavy atom. The van der Waals surface area contributed by atoms with Crippen molar-refractivity contribution < 1.29 is 47.3 Å². The number of nitrogens with one attached hydrogen (secondary N) is 1. The lowest BCUT2D eigenvalue weighted by Gasteiger charge is -2.44. The van der Waals surface area contributed by atoms with E-state index < -0.39 is 28.0 Å². The molecule has 2 N–H and O–H groups in total. The van der Waals surface area contributed by atoms with Gasteiger partial charge in [0, 0.05) is 39.7 Å². The average Bonchev–Trinajstić information content (AvgIpc) is 3.13. The van der Waals surface area contributed by atoms with Crippen molar-refractivity contribution in [3.8, 4) is 11.5 Å². The van der Waals surface area contributed by atoms with E-state index in [0.717, 1.165) is 36.9 Å². The second-order valence-electron chi connectivity index (χ2n) is 13.5. The summed E-state index contributed by atoms with van der Waals surface area (Å²) in [6, 6.07) is 16.3. The van der Waals surface area contributed by atoms with Crippen LogP contribution in [0.2, 0.25) is 10.0 Å². The Labute approximate surface area is 323 Å². The summed E-state index contributed by atoms with van der Waals surface area (Å²) >= 11 is 13.2. The fraction of sp³-hybridized carbons (Fsp3) is 0.342. The fourth-order valence-electron chi connectivity index (χ4n) is 7.20. The van der Waals surface area contributed by atoms with E-state index in [2.05, 4.69) is 9.62 Å². The van der Waals surface area contributed by atoms with Crippen LogP contribution < -0.4 is 28.9 Å². The summed E-state index contributed by atoms with van der Waals surface area (Å²) in [5, 5.41) is 23.1. The molecule has 7 rings (SSSR count). The van der Waals surface area contributed by atoms with Crippen LogP contribution in [0.4, 0.5) is 16.2 Å². The zero-order chi connectivity index (χ0) is 38.7. The minimum absolute atomic E-state index is 0.0326. The highest BCUT2D eigenvalue weighted by molar-refractivity contribution is 7.92. The number of halogens is 2. The number of ether oxygens (including phenoxy) is 3. The number of aromatic carboxylic acids is 1. The highest BCUT2D eigenvalue weighted by Crippen LogP contribution is 2.39. The maximum absolute atomic E-state index is 14.1. The van der Waals surface area contributed by atoms with E-state index in [9.17, 15) is 28.3 Å². The number of piperidine rings is 3. The van der Waals surface area contributed by atoms with Gasteiger partial charge in [0.25, 0.3) is 0 Å². The molecule has 4 heterocycles. The topological polar surface area (TPSA) is 162 Å². The van der Waals surface area contributed by atoms with E-state index in [4.69, 9.17) is 37.4 Å². The van der Waals surface area contributed by atoms with Gasteiger partial charge in [0.15, 0.2) is 11.5 Å². The molecule has 3 saturated heterocycles. The predicted octanol–water partition coefficient (Wildman–Crippen LogP) is 4.88. The Bertz CT molecular complexity index is 2120. The quantitative estimate of drug-likeness (QED) is 0.141. The molecule has 13 nitrogen and oxygen atoms in total. The molecule has 1 amide bonds. The number of sulfonamides is 1.